The second kappa shape index (κ2) is 20.2. The number of hydrogen-bond acceptors (Lipinski definition) is 9. The van der Waals surface area contributed by atoms with E-state index in [1.807, 2.05) is 0 Å². The van der Waals surface area contributed by atoms with Gasteiger partial charge in [0.15, 0.2) is 11.9 Å². The van der Waals surface area contributed by atoms with Crippen LogP contribution in [0.4, 0.5) is 0 Å². The van der Waals surface area contributed by atoms with Gasteiger partial charge in [0, 0.05) is 13.1 Å². The SMILES string of the molecule is NC(=O)C[C@H](N)C(=O)O.NC(N)=NCCC[C@H](N)C(=O)O.NC(N)=NCCC[C@H](N)C(=O)O. The summed E-state index contributed by atoms with van der Waals surface area (Å²) in [6.07, 6.45) is 1.60. The Labute approximate surface area is 190 Å². The molecule has 0 aliphatic rings. The maximum absolute atomic E-state index is 10.2. The van der Waals surface area contributed by atoms with Gasteiger partial charge in [-0.05, 0) is 25.7 Å². The second-order valence-electron chi connectivity index (χ2n) is 6.40. The number of nitrogens with zero attached hydrogens (tertiary/aromatic N) is 2. The normalized spacial score (nSPS) is 12.2. The van der Waals surface area contributed by atoms with Crippen LogP contribution >= 0.6 is 0 Å². The summed E-state index contributed by atoms with van der Waals surface area (Å²) in [6.45, 7) is 0.840. The van der Waals surface area contributed by atoms with E-state index < -0.39 is 41.9 Å². The number of carbonyl (C=O) groups excluding carboxylic acids is 1. The largest absolute Gasteiger partial charge is 0.480 e. The van der Waals surface area contributed by atoms with Crippen molar-refractivity contribution in [2.24, 2.45) is 55.9 Å². The van der Waals surface area contributed by atoms with Gasteiger partial charge in [-0.15, -0.1) is 0 Å². The van der Waals surface area contributed by atoms with E-state index in [1.54, 1.807) is 0 Å². The molecule has 3 atom stereocenters. The first-order valence-electron chi connectivity index (χ1n) is 9.45. The third-order valence-corrected chi connectivity index (χ3v) is 3.31. The lowest BCUT2D eigenvalue weighted by molar-refractivity contribution is -0.140. The molecule has 0 aliphatic heterocycles. The highest BCUT2D eigenvalue weighted by molar-refractivity contribution is 5.83. The van der Waals surface area contributed by atoms with Gasteiger partial charge in [0.05, 0.1) is 6.42 Å². The molecule has 0 aromatic heterocycles. The van der Waals surface area contributed by atoms with Crippen LogP contribution in [0.15, 0.2) is 9.98 Å². The van der Waals surface area contributed by atoms with Gasteiger partial charge in [-0.1, -0.05) is 0 Å². The molecule has 0 saturated heterocycles. The average Bonchev–Trinajstić information content (AvgIpc) is 2.68. The van der Waals surface area contributed by atoms with Gasteiger partial charge in [0.2, 0.25) is 5.91 Å². The lowest BCUT2D eigenvalue weighted by Gasteiger charge is -2.03. The van der Waals surface area contributed by atoms with Gasteiger partial charge in [-0.25, -0.2) is 0 Å². The van der Waals surface area contributed by atoms with Crippen LogP contribution in [0, 0.1) is 0 Å². The smallest absolute Gasteiger partial charge is 0.321 e. The molecule has 0 spiro atoms. The van der Waals surface area contributed by atoms with Crippen LogP contribution in [0.1, 0.15) is 32.1 Å². The topological polar surface area (TPSA) is 362 Å². The van der Waals surface area contributed by atoms with Crippen molar-refractivity contribution in [3.8, 4) is 0 Å². The van der Waals surface area contributed by atoms with E-state index >= 15 is 0 Å². The van der Waals surface area contributed by atoms with Crippen molar-refractivity contribution >= 4 is 35.7 Å². The van der Waals surface area contributed by atoms with Crippen molar-refractivity contribution in [1.82, 2.24) is 0 Å². The number of amides is 1. The molecule has 192 valence electrons. The third-order valence-electron chi connectivity index (χ3n) is 3.31. The summed E-state index contributed by atoms with van der Waals surface area (Å²) in [5.74, 6) is -3.89. The minimum absolute atomic E-state index is 0.0129. The zero-order valence-electron chi connectivity index (χ0n) is 18.2. The fraction of sp³-hybridized carbons (Fsp3) is 0.625. The van der Waals surface area contributed by atoms with Gasteiger partial charge >= 0.3 is 17.9 Å². The summed E-state index contributed by atoms with van der Waals surface area (Å²) >= 11 is 0. The Kier molecular flexibility index (Phi) is 20.8. The first kappa shape index (κ1) is 33.9. The van der Waals surface area contributed by atoms with E-state index in [4.69, 9.17) is 55.5 Å². The second-order valence-corrected chi connectivity index (χ2v) is 6.40. The highest BCUT2D eigenvalue weighted by Crippen LogP contribution is 1.95. The van der Waals surface area contributed by atoms with Gasteiger partial charge in [-0.2, -0.15) is 0 Å². The molecule has 0 radical (unpaired) electrons. The molecule has 0 saturated carbocycles. The van der Waals surface area contributed by atoms with Crippen LogP contribution in [0.5, 0.6) is 0 Å². The molecule has 19 N–H and O–H groups in total. The van der Waals surface area contributed by atoms with E-state index in [9.17, 15) is 19.2 Å². The van der Waals surface area contributed by atoms with Crippen molar-refractivity contribution in [2.75, 3.05) is 13.1 Å². The Bertz CT molecular complexity index is 624. The molecule has 0 aromatic carbocycles. The van der Waals surface area contributed by atoms with Crippen LogP contribution in [-0.2, 0) is 19.2 Å². The highest BCUT2D eigenvalue weighted by atomic mass is 16.4. The van der Waals surface area contributed by atoms with Crippen molar-refractivity contribution in [2.45, 2.75) is 50.2 Å². The van der Waals surface area contributed by atoms with E-state index in [2.05, 4.69) is 15.7 Å². The van der Waals surface area contributed by atoms with Gasteiger partial charge in [0.1, 0.15) is 18.1 Å². The Morgan fingerprint density at radius 3 is 1.09 bits per heavy atom. The average molecular weight is 481 g/mol. The predicted octanol–water partition coefficient (Wildman–Crippen LogP) is -4.82. The molecule has 0 fully saturated rings. The summed E-state index contributed by atoms with van der Waals surface area (Å²) in [7, 11) is 0. The van der Waals surface area contributed by atoms with Crippen LogP contribution in [0.2, 0.25) is 0 Å². The molecule has 17 heteroatoms. The van der Waals surface area contributed by atoms with E-state index in [-0.39, 0.29) is 18.3 Å². The van der Waals surface area contributed by atoms with Crippen LogP contribution in [0.25, 0.3) is 0 Å². The number of aliphatic carboxylic acids is 3. The fourth-order valence-corrected chi connectivity index (χ4v) is 1.59. The molecular formula is C16H36N10O7. The molecule has 17 nitrogen and oxygen atoms in total. The number of carboxylic acid groups (broad SMARTS) is 3. The lowest BCUT2D eigenvalue weighted by atomic mass is 10.2. The van der Waals surface area contributed by atoms with Crippen molar-refractivity contribution in [3.63, 3.8) is 0 Å². The first-order valence-corrected chi connectivity index (χ1v) is 9.45. The number of rotatable bonds is 13. The molecule has 0 aliphatic carbocycles. The lowest BCUT2D eigenvalue weighted by Crippen LogP contribution is -2.34. The number of guanidine groups is 2. The summed E-state index contributed by atoms with van der Waals surface area (Å²) in [4.78, 5) is 47.7. The summed E-state index contributed by atoms with van der Waals surface area (Å²) in [6, 6.07) is -2.80. The molecule has 33 heavy (non-hydrogen) atoms. The molecular weight excluding hydrogens is 444 g/mol. The number of hydrogen-bond donors (Lipinski definition) is 11. The number of primary amides is 1. The summed E-state index contributed by atoms with van der Waals surface area (Å²) in [5, 5.41) is 24.9. The van der Waals surface area contributed by atoms with E-state index in [0.717, 1.165) is 0 Å². The monoisotopic (exact) mass is 480 g/mol. The van der Waals surface area contributed by atoms with Crippen LogP contribution in [-0.4, -0.2) is 82.3 Å². The molecule has 0 aromatic rings. The fourth-order valence-electron chi connectivity index (χ4n) is 1.59. The van der Waals surface area contributed by atoms with Crippen molar-refractivity contribution in [3.05, 3.63) is 0 Å². The Balaban J connectivity index is -0.000000414. The molecule has 0 bridgehead atoms. The maximum Gasteiger partial charge on any atom is 0.321 e. The van der Waals surface area contributed by atoms with E-state index in [1.165, 1.54) is 0 Å². The first-order chi connectivity index (χ1) is 15.1. The van der Waals surface area contributed by atoms with Gasteiger partial charge in [0.25, 0.3) is 0 Å². The summed E-state index contributed by atoms with van der Waals surface area (Å²) in [5.41, 5.74) is 40.2. The standard InChI is InChI=1S/2C6H14N4O2.C4H8N2O3/c2*7-4(5(11)12)2-1-3-10-6(8)9;5-2(4(8)9)1-3(6)7/h2*4H,1-3,7H2,(H,11,12)(H4,8,9,10);2H,1,5H2,(H2,6,7)(H,8,9)/t2*4-;2-/m000/s1. The zero-order valence-corrected chi connectivity index (χ0v) is 18.2. The number of carboxylic acids is 3. The highest BCUT2D eigenvalue weighted by Gasteiger charge is 2.13. The predicted molar refractivity (Wildman–Crippen MR) is 120 cm³/mol. The van der Waals surface area contributed by atoms with E-state index in [0.29, 0.717) is 38.8 Å². The number of carbonyl (C=O) groups is 4. The number of nitrogens with two attached hydrogens (primary N) is 8. The van der Waals surface area contributed by atoms with Gasteiger partial charge < -0.3 is 61.2 Å². The minimum atomic E-state index is -1.21. The van der Waals surface area contributed by atoms with Crippen molar-refractivity contribution < 1.29 is 34.5 Å². The number of aliphatic imine (C=N–C) groups is 2. The van der Waals surface area contributed by atoms with Crippen LogP contribution < -0.4 is 45.9 Å². The quantitative estimate of drug-likeness (QED) is 0.0668. The zero-order chi connectivity index (χ0) is 26.6. The molecule has 1 amide bonds. The maximum atomic E-state index is 10.2. The minimum Gasteiger partial charge on any atom is -0.480 e. The Morgan fingerprint density at radius 1 is 0.606 bits per heavy atom. The van der Waals surface area contributed by atoms with Crippen molar-refractivity contribution in [1.29, 1.82) is 0 Å². The van der Waals surface area contributed by atoms with Gasteiger partial charge in [-0.3, -0.25) is 29.2 Å². The molecule has 0 rings (SSSR count). The molecule has 0 heterocycles. The Hall–Kier alpha value is -3.70. The summed E-state index contributed by atoms with van der Waals surface area (Å²) < 4.78 is 0. The molecule has 0 unspecified atom stereocenters. The van der Waals surface area contributed by atoms with Crippen LogP contribution in [0.3, 0.4) is 0 Å². The Morgan fingerprint density at radius 2 is 0.909 bits per heavy atom. The third kappa shape index (κ3) is 28.3.